The number of carbonyl (C=O) groups is 1. The fourth-order valence-corrected chi connectivity index (χ4v) is 4.20. The fourth-order valence-electron chi connectivity index (χ4n) is 4.20. The summed E-state index contributed by atoms with van der Waals surface area (Å²) in [7, 11) is 1.55. The molecule has 0 spiro atoms. The zero-order valence-corrected chi connectivity index (χ0v) is 21.2. The van der Waals surface area contributed by atoms with Gasteiger partial charge in [0.25, 0.3) is 5.91 Å². The number of nitriles is 1. The lowest BCUT2D eigenvalue weighted by molar-refractivity contribution is 0.0956. The number of benzene rings is 4. The molecule has 0 aliphatic heterocycles. The zero-order chi connectivity index (χ0) is 27.0. The summed E-state index contributed by atoms with van der Waals surface area (Å²) in [4.78, 5) is 18.0. The highest BCUT2D eigenvalue weighted by molar-refractivity contribution is 6.07. The number of carbonyl (C=O) groups excluding carboxylic acids is 1. The van der Waals surface area contributed by atoms with Crippen molar-refractivity contribution < 1.29 is 14.3 Å². The van der Waals surface area contributed by atoms with Gasteiger partial charge in [-0.15, -0.1) is 0 Å². The first kappa shape index (κ1) is 25.2. The zero-order valence-electron chi connectivity index (χ0n) is 21.2. The predicted molar refractivity (Wildman–Crippen MR) is 151 cm³/mol. The highest BCUT2D eigenvalue weighted by atomic mass is 16.5. The van der Waals surface area contributed by atoms with Crippen LogP contribution in [0.25, 0.3) is 22.2 Å². The number of hydrogen-bond acceptors (Lipinski definition) is 6. The summed E-state index contributed by atoms with van der Waals surface area (Å²) in [6.07, 6.45) is 1.51. The molecule has 5 rings (SSSR count). The van der Waals surface area contributed by atoms with Crippen molar-refractivity contribution in [2.75, 3.05) is 7.11 Å². The number of nitrogens with zero attached hydrogens (tertiary/aromatic N) is 3. The van der Waals surface area contributed by atoms with E-state index < -0.39 is 0 Å². The second-order valence-electron chi connectivity index (χ2n) is 8.57. The summed E-state index contributed by atoms with van der Waals surface area (Å²) >= 11 is 0. The van der Waals surface area contributed by atoms with E-state index in [0.717, 1.165) is 16.5 Å². The quantitative estimate of drug-likeness (QED) is 0.199. The molecular weight excluding hydrogens is 488 g/mol. The number of methoxy groups -OCH3 is 1. The van der Waals surface area contributed by atoms with Crippen LogP contribution >= 0.6 is 0 Å². The molecule has 0 aliphatic carbocycles. The van der Waals surface area contributed by atoms with Gasteiger partial charge < -0.3 is 9.47 Å². The number of nitrogens with one attached hydrogen (secondary N) is 1. The lowest BCUT2D eigenvalue weighted by atomic mass is 10.0. The first-order valence-corrected chi connectivity index (χ1v) is 12.2. The normalized spacial score (nSPS) is 10.8. The molecule has 5 aromatic rings. The predicted octanol–water partition coefficient (Wildman–Crippen LogP) is 6.12. The molecule has 0 saturated carbocycles. The maximum atomic E-state index is 13.3. The van der Waals surface area contributed by atoms with E-state index in [9.17, 15) is 10.1 Å². The molecule has 1 heterocycles. The number of amides is 1. The van der Waals surface area contributed by atoms with Gasteiger partial charge in [0.1, 0.15) is 6.61 Å². The van der Waals surface area contributed by atoms with Gasteiger partial charge >= 0.3 is 0 Å². The molecule has 0 aliphatic rings. The van der Waals surface area contributed by atoms with Crippen LogP contribution in [0.2, 0.25) is 0 Å². The molecule has 0 radical (unpaired) electrons. The van der Waals surface area contributed by atoms with Crippen molar-refractivity contribution in [3.8, 4) is 28.8 Å². The van der Waals surface area contributed by atoms with Crippen molar-refractivity contribution in [2.24, 2.45) is 5.10 Å². The van der Waals surface area contributed by atoms with Crippen LogP contribution in [0.15, 0.2) is 108 Å². The van der Waals surface area contributed by atoms with Gasteiger partial charge in [-0.1, -0.05) is 72.8 Å². The smallest absolute Gasteiger partial charge is 0.272 e. The Balaban J connectivity index is 1.40. The number of para-hydroxylation sites is 2. The molecule has 0 atom stereocenters. The van der Waals surface area contributed by atoms with Crippen molar-refractivity contribution in [2.45, 2.75) is 6.61 Å². The van der Waals surface area contributed by atoms with E-state index >= 15 is 0 Å². The number of hydrazone groups is 1. The summed E-state index contributed by atoms with van der Waals surface area (Å²) in [5.74, 6) is 0.592. The monoisotopic (exact) mass is 512 g/mol. The van der Waals surface area contributed by atoms with Crippen LogP contribution in [0.1, 0.15) is 27.0 Å². The SMILES string of the molecule is COc1cccc(/C=N\NC(=O)c2cc(-c3ccccc3)nc3ccccc23)c1OCc1ccccc1C#N. The maximum absolute atomic E-state index is 13.3. The van der Waals surface area contributed by atoms with E-state index in [4.69, 9.17) is 14.5 Å². The molecule has 0 fully saturated rings. The third kappa shape index (κ3) is 5.60. The van der Waals surface area contributed by atoms with Crippen LogP contribution in [0.3, 0.4) is 0 Å². The molecule has 0 unspecified atom stereocenters. The summed E-state index contributed by atoms with van der Waals surface area (Å²) in [6, 6.07) is 33.8. The minimum atomic E-state index is -0.365. The summed E-state index contributed by atoms with van der Waals surface area (Å²) < 4.78 is 11.5. The summed E-state index contributed by atoms with van der Waals surface area (Å²) in [5.41, 5.74) is 7.32. The van der Waals surface area contributed by atoms with Gasteiger partial charge in [-0.2, -0.15) is 10.4 Å². The minimum absolute atomic E-state index is 0.169. The number of pyridine rings is 1. The lowest BCUT2D eigenvalue weighted by Crippen LogP contribution is -2.18. The van der Waals surface area contributed by atoms with Crippen LogP contribution in [0, 0.1) is 11.3 Å². The Morgan fingerprint density at radius 2 is 1.74 bits per heavy atom. The average molecular weight is 513 g/mol. The van der Waals surface area contributed by atoms with Crippen molar-refractivity contribution in [3.63, 3.8) is 0 Å². The van der Waals surface area contributed by atoms with Crippen molar-refractivity contribution in [3.05, 3.63) is 125 Å². The Morgan fingerprint density at radius 3 is 2.56 bits per heavy atom. The third-order valence-corrected chi connectivity index (χ3v) is 6.14. The highest BCUT2D eigenvalue weighted by Crippen LogP contribution is 2.31. The minimum Gasteiger partial charge on any atom is -0.493 e. The number of ether oxygens (including phenoxy) is 2. The van der Waals surface area contributed by atoms with Crippen LogP contribution in [0.4, 0.5) is 0 Å². The first-order valence-electron chi connectivity index (χ1n) is 12.2. The molecule has 1 amide bonds. The fraction of sp³-hybridized carbons (Fsp3) is 0.0625. The molecule has 7 heteroatoms. The van der Waals surface area contributed by atoms with Gasteiger partial charge in [-0.05, 0) is 30.3 Å². The Bertz CT molecular complexity index is 1710. The third-order valence-electron chi connectivity index (χ3n) is 6.14. The molecule has 4 aromatic carbocycles. The Morgan fingerprint density at radius 1 is 0.974 bits per heavy atom. The number of aromatic nitrogens is 1. The topological polar surface area (TPSA) is 96.6 Å². The molecule has 39 heavy (non-hydrogen) atoms. The largest absolute Gasteiger partial charge is 0.493 e. The lowest BCUT2D eigenvalue weighted by Gasteiger charge is -2.14. The Kier molecular flexibility index (Phi) is 7.56. The van der Waals surface area contributed by atoms with Crippen LogP contribution < -0.4 is 14.9 Å². The highest BCUT2D eigenvalue weighted by Gasteiger charge is 2.15. The van der Waals surface area contributed by atoms with Crippen molar-refractivity contribution in [1.29, 1.82) is 5.26 Å². The van der Waals surface area contributed by atoms with Crippen LogP contribution in [0.5, 0.6) is 11.5 Å². The molecule has 1 aromatic heterocycles. The van der Waals surface area contributed by atoms with Gasteiger partial charge in [-0.3, -0.25) is 4.79 Å². The summed E-state index contributed by atoms with van der Waals surface area (Å²) in [6.45, 7) is 0.169. The van der Waals surface area contributed by atoms with Crippen molar-refractivity contribution in [1.82, 2.24) is 10.4 Å². The van der Waals surface area contributed by atoms with Crippen LogP contribution in [-0.4, -0.2) is 24.2 Å². The standard InChI is InChI=1S/C32H24N4O3/c1-38-30-17-9-14-24(31(30)39-21-25-13-6-5-12-23(25)19-33)20-34-36-32(37)27-18-29(22-10-3-2-4-11-22)35-28-16-8-7-15-26(27)28/h2-18,20H,21H2,1H3,(H,36,37)/b34-20-. The van der Waals surface area contributed by atoms with E-state index in [1.165, 1.54) is 6.21 Å². The maximum Gasteiger partial charge on any atom is 0.272 e. The number of fused-ring (bicyclic) bond motifs is 1. The van der Waals surface area contributed by atoms with Gasteiger partial charge in [-0.25, -0.2) is 10.4 Å². The second kappa shape index (κ2) is 11.7. The van der Waals surface area contributed by atoms with E-state index in [0.29, 0.717) is 39.4 Å². The van der Waals surface area contributed by atoms with Crippen LogP contribution in [-0.2, 0) is 6.61 Å². The van der Waals surface area contributed by atoms with Crippen molar-refractivity contribution >= 4 is 23.0 Å². The van der Waals surface area contributed by atoms with Gasteiger partial charge in [0.15, 0.2) is 11.5 Å². The van der Waals surface area contributed by atoms with Gasteiger partial charge in [0.05, 0.1) is 41.7 Å². The Labute approximate surface area is 226 Å². The summed E-state index contributed by atoms with van der Waals surface area (Å²) in [5, 5.41) is 14.3. The molecule has 0 bridgehead atoms. The molecule has 1 N–H and O–H groups in total. The molecule has 0 saturated heterocycles. The van der Waals surface area contributed by atoms with E-state index in [1.54, 1.807) is 43.5 Å². The van der Waals surface area contributed by atoms with Gasteiger partial charge in [0.2, 0.25) is 0 Å². The molecule has 190 valence electrons. The van der Waals surface area contributed by atoms with E-state index in [2.05, 4.69) is 16.6 Å². The first-order chi connectivity index (χ1) is 19.2. The van der Waals surface area contributed by atoms with Gasteiger partial charge in [0, 0.05) is 22.1 Å². The second-order valence-corrected chi connectivity index (χ2v) is 8.57. The van der Waals surface area contributed by atoms with E-state index in [1.807, 2.05) is 66.7 Å². The molecular formula is C32H24N4O3. The number of rotatable bonds is 8. The Hall–Kier alpha value is -5.48. The average Bonchev–Trinajstić information content (AvgIpc) is 3.00. The van der Waals surface area contributed by atoms with E-state index in [-0.39, 0.29) is 12.5 Å². The number of hydrogen-bond donors (Lipinski definition) is 1. The molecule has 7 nitrogen and oxygen atoms in total.